The van der Waals surface area contributed by atoms with Crippen LogP contribution in [0.5, 0.6) is 0 Å². The minimum Gasteiger partial charge on any atom is -0.437 e. The molecule has 4 N–H and O–H groups in total. The van der Waals surface area contributed by atoms with Crippen molar-refractivity contribution in [1.29, 1.82) is 0 Å². The van der Waals surface area contributed by atoms with Crippen molar-refractivity contribution in [1.82, 2.24) is 29.6 Å². The molecule has 4 aromatic rings. The van der Waals surface area contributed by atoms with Gasteiger partial charge in [0, 0.05) is 63.4 Å². The molecule has 6 rings (SSSR count). The highest BCUT2D eigenvalue weighted by Crippen LogP contribution is 2.27. The zero-order valence-corrected chi connectivity index (χ0v) is 33.9. The van der Waals surface area contributed by atoms with Crippen LogP contribution in [0.25, 0.3) is 0 Å². The summed E-state index contributed by atoms with van der Waals surface area (Å²) in [7, 11) is -0.666. The van der Waals surface area contributed by atoms with Crippen molar-refractivity contribution < 1.29 is 10.0 Å². The van der Waals surface area contributed by atoms with Gasteiger partial charge in [0.1, 0.15) is 0 Å². The first kappa shape index (κ1) is 38.3. The number of nitrogen functional groups attached to an aromatic ring is 1. The van der Waals surface area contributed by atoms with E-state index >= 15 is 0 Å². The molecule has 44 heavy (non-hydrogen) atoms. The number of nitrogens with zero attached hydrogens (tertiary/aromatic N) is 8. The molecule has 0 aliphatic carbocycles. The molecule has 2 aliphatic heterocycles. The summed E-state index contributed by atoms with van der Waals surface area (Å²) in [5.41, 5.74) is 5.26. The minimum absolute atomic E-state index is 0.329. The van der Waals surface area contributed by atoms with E-state index in [0.29, 0.717) is 5.13 Å². The van der Waals surface area contributed by atoms with Crippen LogP contribution in [0.15, 0.2) is 40.1 Å². The van der Waals surface area contributed by atoms with E-state index in [1.165, 1.54) is 16.2 Å². The van der Waals surface area contributed by atoms with Crippen LogP contribution in [0.3, 0.4) is 0 Å². The average Bonchev–Trinajstić information content (AvgIpc) is 3.80. The second-order valence-corrected chi connectivity index (χ2v) is 19.2. The van der Waals surface area contributed by atoms with Gasteiger partial charge in [-0.1, -0.05) is 22.7 Å². The summed E-state index contributed by atoms with van der Waals surface area (Å²) < 4.78 is 4.01. The maximum Gasteiger partial charge on any atom is 0.376 e. The molecule has 0 spiro atoms. The second kappa shape index (κ2) is 19.6. The van der Waals surface area contributed by atoms with Crippen molar-refractivity contribution in [3.8, 4) is 0 Å². The van der Waals surface area contributed by atoms with E-state index in [1.807, 2.05) is 26.0 Å². The van der Waals surface area contributed by atoms with Crippen molar-refractivity contribution in [3.05, 3.63) is 44.9 Å². The highest BCUT2D eigenvalue weighted by atomic mass is 79.9. The molecule has 0 bridgehead atoms. The third kappa shape index (κ3) is 13.5. The molecule has 0 amide bonds. The van der Waals surface area contributed by atoms with Gasteiger partial charge >= 0.3 is 14.1 Å². The van der Waals surface area contributed by atoms with E-state index in [9.17, 15) is 10.0 Å². The summed E-state index contributed by atoms with van der Waals surface area (Å²) in [6.07, 6.45) is 7.19. The van der Waals surface area contributed by atoms with Gasteiger partial charge in [-0.25, -0.2) is 19.9 Å². The number of nitrogens with two attached hydrogens (primary N) is 1. The lowest BCUT2D eigenvalue weighted by atomic mass is 9.84. The summed E-state index contributed by atoms with van der Waals surface area (Å²) in [6.45, 7) is 13.1. The van der Waals surface area contributed by atoms with Gasteiger partial charge in [0.15, 0.2) is 19.3 Å². The Morgan fingerprint density at radius 2 is 1.07 bits per heavy atom. The summed E-state index contributed by atoms with van der Waals surface area (Å²) in [5, 5.41) is 21.6. The van der Waals surface area contributed by atoms with Gasteiger partial charge < -0.3 is 35.2 Å². The number of hydrogen-bond acceptors (Lipinski definition) is 15. The first-order chi connectivity index (χ1) is 20.9. The second-order valence-electron chi connectivity index (χ2n) is 9.43. The van der Waals surface area contributed by atoms with Crippen molar-refractivity contribution >= 4 is 139 Å². The highest BCUT2D eigenvalue weighted by Gasteiger charge is 2.24. The Morgan fingerprint density at radius 1 is 0.636 bits per heavy atom. The van der Waals surface area contributed by atoms with Crippen LogP contribution in [0.1, 0.15) is 4.88 Å². The fourth-order valence-electron chi connectivity index (χ4n) is 3.96. The van der Waals surface area contributed by atoms with Crippen LogP contribution in [0.2, 0.25) is 13.6 Å². The van der Waals surface area contributed by atoms with Gasteiger partial charge in [0.2, 0.25) is 0 Å². The number of halogens is 4. The average molecular weight is 937 g/mol. The molecule has 0 atom stereocenters. The van der Waals surface area contributed by atoms with Crippen LogP contribution < -0.4 is 15.5 Å². The third-order valence-electron chi connectivity index (χ3n) is 6.25. The van der Waals surface area contributed by atoms with Crippen LogP contribution in [0, 0.1) is 6.92 Å². The summed E-state index contributed by atoms with van der Waals surface area (Å²) in [4.78, 5) is 26.3. The number of aryl methyl sites for hydroxylation is 1. The Morgan fingerprint density at radius 3 is 1.34 bits per heavy atom. The van der Waals surface area contributed by atoms with Crippen molar-refractivity contribution in [2.24, 2.45) is 0 Å². The highest BCUT2D eigenvalue weighted by molar-refractivity contribution is 9.12. The SMILES string of the molecule is Brc1cnc(Br)s1.CB(O)N1CCN(c2ncc(Br)s2)CC1.CB(O)N1CCN(c2ncc(C)s2)CC1.Nc1ncc(Br)s1. The fourth-order valence-corrected chi connectivity index (χ4v) is 9.22. The first-order valence-corrected chi connectivity index (χ1v) is 19.9. The molecule has 6 heterocycles. The maximum atomic E-state index is 9.43. The molecule has 0 aromatic carbocycles. The summed E-state index contributed by atoms with van der Waals surface area (Å²) >= 11 is 19.5. The van der Waals surface area contributed by atoms with Crippen molar-refractivity contribution in [2.75, 3.05) is 67.9 Å². The number of hydrogen-bond donors (Lipinski definition) is 3. The zero-order chi connectivity index (χ0) is 32.2. The molecule has 11 nitrogen and oxygen atoms in total. The number of anilines is 3. The van der Waals surface area contributed by atoms with Crippen LogP contribution in [-0.2, 0) is 0 Å². The maximum absolute atomic E-state index is 9.43. The van der Waals surface area contributed by atoms with Gasteiger partial charge in [-0.3, -0.25) is 0 Å². The standard InChI is InChI=1S/C9H16BN3OS.C8H13BBrN3OS.C3HBr2NS.C3H3BrN2S/c1-8-7-11-9(15-8)12-3-5-13(6-4-12)10(2)14;1-9(14)13-4-2-12(3-5-13)8-11-6-7(10)15-8;2*4-2-1-6-3(5)7-2/h7,14H,3-6H2,1-2H3;6,14H,2-5H2,1H3;1H;1H,(H2,5,6). The zero-order valence-electron chi connectivity index (χ0n) is 24.3. The minimum atomic E-state index is -0.338. The van der Waals surface area contributed by atoms with Gasteiger partial charge in [0.05, 0.1) is 29.9 Å². The molecule has 4 aromatic heterocycles. The third-order valence-corrected chi connectivity index (χ3v) is 12.0. The van der Waals surface area contributed by atoms with Gasteiger partial charge in [-0.15, -0.1) is 22.7 Å². The molecule has 21 heteroatoms. The predicted octanol–water partition coefficient (Wildman–Crippen LogP) is 5.98. The Labute approximate surface area is 308 Å². The normalized spacial score (nSPS) is 15.4. The van der Waals surface area contributed by atoms with Gasteiger partial charge in [-0.05, 0) is 84.3 Å². The molecule has 2 saturated heterocycles. The smallest absolute Gasteiger partial charge is 0.376 e. The topological polar surface area (TPSA) is 131 Å². The number of rotatable bonds is 4. The first-order valence-electron chi connectivity index (χ1n) is 13.4. The van der Waals surface area contributed by atoms with E-state index in [2.05, 4.69) is 110 Å². The van der Waals surface area contributed by atoms with Crippen molar-refractivity contribution in [2.45, 2.75) is 20.6 Å². The van der Waals surface area contributed by atoms with Crippen LogP contribution >= 0.6 is 109 Å². The molecule has 2 aliphatic rings. The Kier molecular flexibility index (Phi) is 17.0. The predicted molar refractivity (Wildman–Crippen MR) is 204 cm³/mol. The monoisotopic (exact) mass is 933 g/mol. The van der Waals surface area contributed by atoms with Crippen LogP contribution in [-0.4, -0.2) is 106 Å². The fraction of sp³-hybridized carbons (Fsp3) is 0.478. The Bertz CT molecular complexity index is 1250. The Hall–Kier alpha value is -0.190. The number of thiazole rings is 4. The largest absolute Gasteiger partial charge is 0.437 e. The van der Waals surface area contributed by atoms with E-state index in [-0.39, 0.29) is 14.1 Å². The molecule has 0 unspecified atom stereocenters. The van der Waals surface area contributed by atoms with E-state index in [0.717, 1.165) is 77.9 Å². The quantitative estimate of drug-likeness (QED) is 0.209. The van der Waals surface area contributed by atoms with E-state index in [4.69, 9.17) is 5.73 Å². The Balaban J connectivity index is 0.000000170. The molecule has 0 saturated carbocycles. The lowest BCUT2D eigenvalue weighted by molar-refractivity contribution is 0.344. The number of piperazine rings is 2. The molecule has 0 radical (unpaired) electrons. The van der Waals surface area contributed by atoms with Crippen molar-refractivity contribution in [3.63, 3.8) is 0 Å². The lowest BCUT2D eigenvalue weighted by Crippen LogP contribution is -2.51. The molecular formula is C23H33B2Br4N9O2S4. The molecular weight excluding hydrogens is 904 g/mol. The van der Waals surface area contributed by atoms with E-state index in [1.54, 1.807) is 46.4 Å². The number of aromatic nitrogens is 4. The lowest BCUT2D eigenvalue weighted by Gasteiger charge is -2.35. The van der Waals surface area contributed by atoms with Gasteiger partial charge in [0.25, 0.3) is 0 Å². The van der Waals surface area contributed by atoms with E-state index < -0.39 is 0 Å². The summed E-state index contributed by atoms with van der Waals surface area (Å²) in [6, 6.07) is 0. The molecule has 2 fully saturated rings. The molecule has 240 valence electrons. The van der Waals surface area contributed by atoms with Crippen LogP contribution in [0.4, 0.5) is 15.4 Å². The summed E-state index contributed by atoms with van der Waals surface area (Å²) in [5.74, 6) is 0. The van der Waals surface area contributed by atoms with Gasteiger partial charge in [-0.2, -0.15) is 0 Å².